The predicted octanol–water partition coefficient (Wildman–Crippen LogP) is 0.388. The Hall–Kier alpha value is -0.750. The summed E-state index contributed by atoms with van der Waals surface area (Å²) in [6.07, 6.45) is 2.89. The van der Waals surface area contributed by atoms with E-state index >= 15 is 0 Å². The van der Waals surface area contributed by atoms with Gasteiger partial charge in [0.25, 0.3) is 0 Å². The van der Waals surface area contributed by atoms with Crippen molar-refractivity contribution >= 4 is 23.6 Å². The van der Waals surface area contributed by atoms with Crippen LogP contribution in [0.3, 0.4) is 0 Å². The molecule has 5 nitrogen and oxygen atoms in total. The lowest BCUT2D eigenvalue weighted by Gasteiger charge is -2.26. The van der Waals surface area contributed by atoms with Crippen molar-refractivity contribution in [2.45, 2.75) is 31.8 Å². The molecule has 3 N–H and O–H groups in total. The van der Waals surface area contributed by atoms with Crippen LogP contribution in [0, 0.1) is 0 Å². The van der Waals surface area contributed by atoms with Crippen molar-refractivity contribution in [3.05, 3.63) is 0 Å². The quantitative estimate of drug-likeness (QED) is 0.681. The first-order valence-electron chi connectivity index (χ1n) is 5.19. The molecule has 0 aliphatic carbocycles. The molecule has 0 aromatic carbocycles. The number of carboxylic acids is 1. The summed E-state index contributed by atoms with van der Waals surface area (Å²) in [5, 5.41) is 8.91. The molecule has 0 saturated carbocycles. The topological polar surface area (TPSA) is 83.6 Å². The van der Waals surface area contributed by atoms with Gasteiger partial charge in [0, 0.05) is 7.05 Å². The van der Waals surface area contributed by atoms with Gasteiger partial charge in [-0.3, -0.25) is 4.79 Å². The minimum atomic E-state index is -0.990. The molecule has 0 bridgehead atoms. The first-order chi connectivity index (χ1) is 7.45. The average molecular weight is 248 g/mol. The van der Waals surface area contributed by atoms with Gasteiger partial charge in [0.05, 0.1) is 6.04 Å². The molecule has 2 atom stereocenters. The van der Waals surface area contributed by atoms with Gasteiger partial charge >= 0.3 is 5.97 Å². The Morgan fingerprint density at radius 2 is 2.06 bits per heavy atom. The van der Waals surface area contributed by atoms with E-state index in [2.05, 4.69) is 0 Å². The number of aliphatic carboxylic acids is 1. The van der Waals surface area contributed by atoms with Gasteiger partial charge in [-0.1, -0.05) is 6.92 Å². The maximum absolute atomic E-state index is 11.8. The highest BCUT2D eigenvalue weighted by Crippen LogP contribution is 2.07. The highest BCUT2D eigenvalue weighted by molar-refractivity contribution is 7.98. The summed E-state index contributed by atoms with van der Waals surface area (Å²) < 4.78 is 0. The van der Waals surface area contributed by atoms with Crippen molar-refractivity contribution in [2.75, 3.05) is 19.1 Å². The minimum absolute atomic E-state index is 0.302. The van der Waals surface area contributed by atoms with Crippen molar-refractivity contribution in [1.29, 1.82) is 0 Å². The number of carbonyl (C=O) groups excluding carboxylic acids is 1. The maximum atomic E-state index is 11.8. The summed E-state index contributed by atoms with van der Waals surface area (Å²) in [5.74, 6) is -0.497. The molecule has 0 aromatic heterocycles. The molecule has 16 heavy (non-hydrogen) atoms. The highest BCUT2D eigenvalue weighted by Gasteiger charge is 2.27. The fraction of sp³-hybridized carbons (Fsp3) is 0.800. The monoisotopic (exact) mass is 248 g/mol. The number of hydrogen-bond donors (Lipinski definition) is 2. The Morgan fingerprint density at radius 3 is 2.44 bits per heavy atom. The Kier molecular flexibility index (Phi) is 7.16. The average Bonchev–Trinajstić information content (AvgIpc) is 2.24. The summed E-state index contributed by atoms with van der Waals surface area (Å²) >= 11 is 1.61. The van der Waals surface area contributed by atoms with Crippen LogP contribution < -0.4 is 5.73 Å². The SMILES string of the molecule is CCC(C(=O)O)N(C)C(=O)[C@H](N)CCSC. The molecule has 94 valence electrons. The summed E-state index contributed by atoms with van der Waals surface area (Å²) in [5.41, 5.74) is 5.70. The summed E-state index contributed by atoms with van der Waals surface area (Å²) in [7, 11) is 1.49. The van der Waals surface area contributed by atoms with E-state index in [-0.39, 0.29) is 5.91 Å². The Bertz CT molecular complexity index is 248. The Balaban J connectivity index is 4.40. The van der Waals surface area contributed by atoms with Gasteiger partial charge in [0.1, 0.15) is 6.04 Å². The Labute approximate surface area is 100 Å². The number of rotatable bonds is 7. The second-order valence-corrected chi connectivity index (χ2v) is 4.58. The van der Waals surface area contributed by atoms with Crippen LogP contribution >= 0.6 is 11.8 Å². The van der Waals surface area contributed by atoms with E-state index in [1.54, 1.807) is 18.7 Å². The van der Waals surface area contributed by atoms with Crippen LogP contribution in [0.2, 0.25) is 0 Å². The standard InChI is InChI=1S/C10H20N2O3S/c1-4-8(10(14)15)12(2)9(13)7(11)5-6-16-3/h7-8H,4-6,11H2,1-3H3,(H,14,15)/t7-,8?/m1/s1. The molecule has 0 aliphatic heterocycles. The molecule has 0 saturated heterocycles. The first kappa shape index (κ1) is 15.2. The molecular formula is C10H20N2O3S. The smallest absolute Gasteiger partial charge is 0.326 e. The van der Waals surface area contributed by atoms with Crippen molar-refractivity contribution in [2.24, 2.45) is 5.73 Å². The van der Waals surface area contributed by atoms with Crippen LogP contribution in [0.15, 0.2) is 0 Å². The van der Waals surface area contributed by atoms with E-state index in [9.17, 15) is 9.59 Å². The number of thioether (sulfide) groups is 1. The zero-order valence-corrected chi connectivity index (χ0v) is 10.8. The lowest BCUT2D eigenvalue weighted by atomic mass is 10.1. The van der Waals surface area contributed by atoms with Crippen LogP contribution in [-0.4, -0.2) is 53.0 Å². The van der Waals surface area contributed by atoms with E-state index in [0.717, 1.165) is 5.75 Å². The molecule has 0 radical (unpaired) electrons. The third-order valence-electron chi connectivity index (χ3n) is 2.44. The molecule has 0 fully saturated rings. The zero-order chi connectivity index (χ0) is 12.7. The Morgan fingerprint density at radius 1 is 1.50 bits per heavy atom. The number of likely N-dealkylation sites (N-methyl/N-ethyl adjacent to an activating group) is 1. The number of amides is 1. The lowest BCUT2D eigenvalue weighted by Crippen LogP contribution is -2.49. The molecular weight excluding hydrogens is 228 g/mol. The fourth-order valence-electron chi connectivity index (χ4n) is 1.40. The molecule has 0 heterocycles. The predicted molar refractivity (Wildman–Crippen MR) is 65.5 cm³/mol. The van der Waals surface area contributed by atoms with Gasteiger partial charge in [0.2, 0.25) is 5.91 Å². The third-order valence-corrected chi connectivity index (χ3v) is 3.08. The number of carboxylic acid groups (broad SMARTS) is 1. The number of nitrogens with zero attached hydrogens (tertiary/aromatic N) is 1. The van der Waals surface area contributed by atoms with E-state index in [1.807, 2.05) is 6.26 Å². The van der Waals surface area contributed by atoms with Crippen LogP contribution in [0.4, 0.5) is 0 Å². The molecule has 1 amide bonds. The number of carbonyl (C=O) groups is 2. The second-order valence-electron chi connectivity index (χ2n) is 3.60. The summed E-state index contributed by atoms with van der Waals surface area (Å²) in [6, 6.07) is -1.39. The molecule has 0 spiro atoms. The van der Waals surface area contributed by atoms with Crippen LogP contribution in [0.1, 0.15) is 19.8 Å². The van der Waals surface area contributed by atoms with E-state index in [0.29, 0.717) is 12.8 Å². The molecule has 0 aliphatic rings. The van der Waals surface area contributed by atoms with E-state index in [1.165, 1.54) is 11.9 Å². The third kappa shape index (κ3) is 4.40. The number of hydrogen-bond acceptors (Lipinski definition) is 4. The summed E-state index contributed by atoms with van der Waals surface area (Å²) in [4.78, 5) is 23.9. The van der Waals surface area contributed by atoms with E-state index in [4.69, 9.17) is 10.8 Å². The molecule has 0 aromatic rings. The van der Waals surface area contributed by atoms with Gasteiger partial charge in [0.15, 0.2) is 0 Å². The molecule has 0 rings (SSSR count). The van der Waals surface area contributed by atoms with Crippen LogP contribution in [0.5, 0.6) is 0 Å². The molecule has 6 heteroatoms. The number of nitrogens with two attached hydrogens (primary N) is 1. The van der Waals surface area contributed by atoms with Crippen LogP contribution in [-0.2, 0) is 9.59 Å². The summed E-state index contributed by atoms with van der Waals surface area (Å²) in [6.45, 7) is 1.73. The second kappa shape index (κ2) is 7.51. The van der Waals surface area contributed by atoms with Gasteiger partial charge in [-0.05, 0) is 24.9 Å². The normalized spacial score (nSPS) is 14.2. The fourth-order valence-corrected chi connectivity index (χ4v) is 1.89. The van der Waals surface area contributed by atoms with Crippen molar-refractivity contribution < 1.29 is 14.7 Å². The van der Waals surface area contributed by atoms with Crippen LogP contribution in [0.25, 0.3) is 0 Å². The van der Waals surface area contributed by atoms with Crippen molar-refractivity contribution in [1.82, 2.24) is 4.90 Å². The van der Waals surface area contributed by atoms with Crippen molar-refractivity contribution in [3.8, 4) is 0 Å². The van der Waals surface area contributed by atoms with Gasteiger partial charge < -0.3 is 15.7 Å². The zero-order valence-electron chi connectivity index (χ0n) is 9.97. The molecule has 1 unspecified atom stereocenters. The van der Waals surface area contributed by atoms with E-state index < -0.39 is 18.1 Å². The van der Waals surface area contributed by atoms with Gasteiger partial charge in [-0.25, -0.2) is 4.79 Å². The lowest BCUT2D eigenvalue weighted by molar-refractivity contribution is -0.149. The van der Waals surface area contributed by atoms with Gasteiger partial charge in [-0.15, -0.1) is 0 Å². The highest BCUT2D eigenvalue weighted by atomic mass is 32.2. The van der Waals surface area contributed by atoms with Crippen molar-refractivity contribution in [3.63, 3.8) is 0 Å². The first-order valence-corrected chi connectivity index (χ1v) is 6.59. The maximum Gasteiger partial charge on any atom is 0.326 e. The van der Waals surface area contributed by atoms with Gasteiger partial charge in [-0.2, -0.15) is 11.8 Å². The largest absolute Gasteiger partial charge is 0.480 e. The minimum Gasteiger partial charge on any atom is -0.480 e.